The summed E-state index contributed by atoms with van der Waals surface area (Å²) in [6.45, 7) is 0.510. The van der Waals surface area contributed by atoms with Gasteiger partial charge in [0.25, 0.3) is 0 Å². The third kappa shape index (κ3) is 1.95. The van der Waals surface area contributed by atoms with E-state index in [0.717, 1.165) is 5.52 Å². The zero-order valence-corrected chi connectivity index (χ0v) is 11.4. The first-order chi connectivity index (χ1) is 10.7. The van der Waals surface area contributed by atoms with Crippen molar-refractivity contribution in [2.24, 2.45) is 0 Å². The van der Waals surface area contributed by atoms with Crippen LogP contribution in [0.3, 0.4) is 0 Å². The number of hydrogen-bond donors (Lipinski definition) is 1. The van der Waals surface area contributed by atoms with E-state index >= 15 is 0 Å². The van der Waals surface area contributed by atoms with E-state index in [1.807, 2.05) is 0 Å². The number of benzene rings is 2. The maximum absolute atomic E-state index is 11.3. The predicted octanol–water partition coefficient (Wildman–Crippen LogP) is 1.91. The van der Waals surface area contributed by atoms with Gasteiger partial charge in [-0.3, -0.25) is 0 Å². The zero-order chi connectivity index (χ0) is 15.1. The molecule has 0 atom stereocenters. The lowest BCUT2D eigenvalue weighted by Gasteiger charge is -2.06. The number of hydrogen-bond acceptors (Lipinski definition) is 5. The van der Waals surface area contributed by atoms with Crippen LogP contribution in [0.25, 0.3) is 11.0 Å². The molecule has 0 fully saturated rings. The lowest BCUT2D eigenvalue weighted by atomic mass is 10.1. The van der Waals surface area contributed by atoms with Gasteiger partial charge < -0.3 is 14.6 Å². The standard InChI is InChI=1S/C15H11N3O4/c19-15(20)10-4-2-1-3-9(10)7-18-12-6-14-13(21-8-22-14)5-11(12)16-17-18/h1-6H,7-8H2,(H,19,20). The van der Waals surface area contributed by atoms with Gasteiger partial charge in [-0.05, 0) is 11.6 Å². The van der Waals surface area contributed by atoms with E-state index in [2.05, 4.69) is 10.3 Å². The van der Waals surface area contributed by atoms with Crippen molar-refractivity contribution in [1.82, 2.24) is 15.0 Å². The second kappa shape index (κ2) is 4.73. The molecule has 0 aliphatic carbocycles. The number of carbonyl (C=O) groups is 1. The molecule has 0 amide bonds. The van der Waals surface area contributed by atoms with E-state index < -0.39 is 5.97 Å². The quantitative estimate of drug-likeness (QED) is 0.794. The first-order valence-electron chi connectivity index (χ1n) is 6.66. The molecular formula is C15H11N3O4. The molecule has 0 spiro atoms. The van der Waals surface area contributed by atoms with E-state index in [0.29, 0.717) is 29.1 Å². The van der Waals surface area contributed by atoms with Crippen molar-refractivity contribution in [3.63, 3.8) is 0 Å². The SMILES string of the molecule is O=C(O)c1ccccc1Cn1nnc2cc3c(cc21)OCO3. The number of fused-ring (bicyclic) bond motifs is 2. The summed E-state index contributed by atoms with van der Waals surface area (Å²) in [5, 5.41) is 17.4. The highest BCUT2D eigenvalue weighted by atomic mass is 16.7. The third-order valence-electron chi connectivity index (χ3n) is 3.58. The van der Waals surface area contributed by atoms with Crippen LogP contribution in [-0.2, 0) is 6.54 Å². The Bertz CT molecular complexity index is 888. The lowest BCUT2D eigenvalue weighted by molar-refractivity contribution is 0.0695. The average molecular weight is 297 g/mol. The van der Waals surface area contributed by atoms with Crippen LogP contribution >= 0.6 is 0 Å². The molecule has 0 saturated carbocycles. The van der Waals surface area contributed by atoms with Crippen molar-refractivity contribution in [2.45, 2.75) is 6.54 Å². The molecule has 0 radical (unpaired) electrons. The average Bonchev–Trinajstić information content (AvgIpc) is 3.12. The largest absolute Gasteiger partial charge is 0.478 e. The fourth-order valence-corrected chi connectivity index (χ4v) is 2.50. The summed E-state index contributed by atoms with van der Waals surface area (Å²) in [6, 6.07) is 10.4. The monoisotopic (exact) mass is 297 g/mol. The molecule has 110 valence electrons. The third-order valence-corrected chi connectivity index (χ3v) is 3.58. The van der Waals surface area contributed by atoms with Gasteiger partial charge in [0.05, 0.1) is 17.6 Å². The number of carboxylic acid groups (broad SMARTS) is 1. The van der Waals surface area contributed by atoms with Crippen LogP contribution in [-0.4, -0.2) is 32.9 Å². The number of nitrogens with zero attached hydrogens (tertiary/aromatic N) is 3. The molecule has 1 aliphatic heterocycles. The van der Waals surface area contributed by atoms with Gasteiger partial charge in [-0.2, -0.15) is 0 Å². The summed E-state index contributed by atoms with van der Waals surface area (Å²) in [6.07, 6.45) is 0. The summed E-state index contributed by atoms with van der Waals surface area (Å²) in [7, 11) is 0. The van der Waals surface area contributed by atoms with Crippen LogP contribution in [0.1, 0.15) is 15.9 Å². The lowest BCUT2D eigenvalue weighted by Crippen LogP contribution is -2.08. The number of carboxylic acids is 1. The second-order valence-electron chi connectivity index (χ2n) is 4.90. The Hall–Kier alpha value is -3.09. The number of aromatic nitrogens is 3. The van der Waals surface area contributed by atoms with Gasteiger partial charge in [-0.15, -0.1) is 5.10 Å². The van der Waals surface area contributed by atoms with Crippen LogP contribution in [0.2, 0.25) is 0 Å². The van der Waals surface area contributed by atoms with Crippen LogP contribution < -0.4 is 9.47 Å². The molecule has 22 heavy (non-hydrogen) atoms. The Morgan fingerprint density at radius 1 is 1.23 bits per heavy atom. The van der Waals surface area contributed by atoms with Crippen LogP contribution in [0, 0.1) is 0 Å². The van der Waals surface area contributed by atoms with Crippen LogP contribution in [0.5, 0.6) is 11.5 Å². The highest BCUT2D eigenvalue weighted by Crippen LogP contribution is 2.35. The summed E-state index contributed by atoms with van der Waals surface area (Å²) >= 11 is 0. The van der Waals surface area contributed by atoms with Gasteiger partial charge in [-0.25, -0.2) is 9.48 Å². The molecule has 2 heterocycles. The fraction of sp³-hybridized carbons (Fsp3) is 0.133. The van der Waals surface area contributed by atoms with E-state index in [9.17, 15) is 9.90 Å². The maximum atomic E-state index is 11.3. The minimum atomic E-state index is -0.961. The summed E-state index contributed by atoms with van der Waals surface area (Å²) in [5.41, 5.74) is 2.37. The summed E-state index contributed by atoms with van der Waals surface area (Å²) in [4.78, 5) is 11.3. The Labute approximate surface area is 124 Å². The maximum Gasteiger partial charge on any atom is 0.336 e. The Morgan fingerprint density at radius 2 is 2.00 bits per heavy atom. The minimum Gasteiger partial charge on any atom is -0.478 e. The molecule has 4 rings (SSSR count). The number of rotatable bonds is 3. The summed E-state index contributed by atoms with van der Waals surface area (Å²) < 4.78 is 12.3. The van der Waals surface area contributed by atoms with E-state index in [-0.39, 0.29) is 12.4 Å². The molecule has 0 unspecified atom stereocenters. The molecule has 1 aliphatic rings. The van der Waals surface area contributed by atoms with E-state index in [1.165, 1.54) is 0 Å². The van der Waals surface area contributed by atoms with Gasteiger partial charge in [-0.1, -0.05) is 23.4 Å². The first kappa shape index (κ1) is 12.6. The second-order valence-corrected chi connectivity index (χ2v) is 4.90. The van der Waals surface area contributed by atoms with Crippen LogP contribution in [0.4, 0.5) is 0 Å². The smallest absolute Gasteiger partial charge is 0.336 e. The molecule has 2 aromatic carbocycles. The van der Waals surface area contributed by atoms with Crippen molar-refractivity contribution in [1.29, 1.82) is 0 Å². The predicted molar refractivity (Wildman–Crippen MR) is 76.2 cm³/mol. The minimum absolute atomic E-state index is 0.192. The Morgan fingerprint density at radius 3 is 2.82 bits per heavy atom. The number of ether oxygens (including phenoxy) is 2. The first-order valence-corrected chi connectivity index (χ1v) is 6.66. The van der Waals surface area contributed by atoms with Crippen molar-refractivity contribution in [3.8, 4) is 11.5 Å². The van der Waals surface area contributed by atoms with Crippen LogP contribution in [0.15, 0.2) is 36.4 Å². The number of aromatic carboxylic acids is 1. The molecule has 0 bridgehead atoms. The van der Waals surface area contributed by atoms with Crippen molar-refractivity contribution >= 4 is 17.0 Å². The molecule has 7 heteroatoms. The van der Waals surface area contributed by atoms with E-state index in [1.54, 1.807) is 41.1 Å². The molecule has 1 aromatic heterocycles. The van der Waals surface area contributed by atoms with Gasteiger partial charge in [0.15, 0.2) is 11.5 Å². The van der Waals surface area contributed by atoms with Gasteiger partial charge in [0.1, 0.15) is 5.52 Å². The topological polar surface area (TPSA) is 86.5 Å². The van der Waals surface area contributed by atoms with E-state index in [4.69, 9.17) is 9.47 Å². The summed E-state index contributed by atoms with van der Waals surface area (Å²) in [5.74, 6) is 0.325. The zero-order valence-electron chi connectivity index (χ0n) is 11.4. The van der Waals surface area contributed by atoms with Gasteiger partial charge >= 0.3 is 5.97 Å². The highest BCUT2D eigenvalue weighted by molar-refractivity contribution is 5.89. The fourth-order valence-electron chi connectivity index (χ4n) is 2.50. The van der Waals surface area contributed by atoms with Gasteiger partial charge in [0.2, 0.25) is 6.79 Å². The normalized spacial score (nSPS) is 12.7. The molecule has 7 nitrogen and oxygen atoms in total. The van der Waals surface area contributed by atoms with Gasteiger partial charge in [0, 0.05) is 12.1 Å². The Kier molecular flexibility index (Phi) is 2.72. The van der Waals surface area contributed by atoms with Crippen molar-refractivity contribution in [3.05, 3.63) is 47.5 Å². The molecular weight excluding hydrogens is 286 g/mol. The van der Waals surface area contributed by atoms with Crippen molar-refractivity contribution in [2.75, 3.05) is 6.79 Å². The highest BCUT2D eigenvalue weighted by Gasteiger charge is 2.18. The Balaban J connectivity index is 1.78. The van der Waals surface area contributed by atoms with Crippen molar-refractivity contribution < 1.29 is 19.4 Å². The molecule has 1 N–H and O–H groups in total. The molecule has 0 saturated heterocycles. The molecule has 3 aromatic rings.